The van der Waals surface area contributed by atoms with Crippen molar-refractivity contribution in [3.8, 4) is 0 Å². The molecule has 0 fully saturated rings. The minimum absolute atomic E-state index is 0.334. The van der Waals surface area contributed by atoms with Crippen molar-refractivity contribution in [1.82, 2.24) is 0 Å². The average Bonchev–Trinajstić information content (AvgIpc) is 2.48. The molecule has 1 N–H and O–H groups in total. The van der Waals surface area contributed by atoms with Crippen LogP contribution in [-0.2, 0) is 4.79 Å². The van der Waals surface area contributed by atoms with Gasteiger partial charge >= 0.3 is 0 Å². The van der Waals surface area contributed by atoms with Crippen LogP contribution in [0.1, 0.15) is 22.8 Å². The third-order valence-electron chi connectivity index (χ3n) is 3.55. The topological polar surface area (TPSA) is 40.5 Å². The van der Waals surface area contributed by atoms with Gasteiger partial charge in [-0.3, -0.25) is 4.79 Å². The molecule has 0 radical (unpaired) electrons. The maximum atomic E-state index is 12.3. The van der Waals surface area contributed by atoms with E-state index in [4.69, 9.17) is 0 Å². The van der Waals surface area contributed by atoms with Crippen LogP contribution in [0.15, 0.2) is 48.5 Å². The molecule has 0 aliphatic carbocycles. The summed E-state index contributed by atoms with van der Waals surface area (Å²) in [4.78, 5) is 13.8. The molecule has 104 valence electrons. The minimum atomic E-state index is -1.14. The predicted molar refractivity (Wildman–Crippen MR) is 80.7 cm³/mol. The Kier molecular flexibility index (Phi) is 4.20. The summed E-state index contributed by atoms with van der Waals surface area (Å²) in [5, 5.41) is 10.2. The van der Waals surface area contributed by atoms with Gasteiger partial charge in [0.1, 0.15) is 0 Å². The highest BCUT2D eigenvalue weighted by molar-refractivity contribution is 5.96. The van der Waals surface area contributed by atoms with Gasteiger partial charge in [0, 0.05) is 12.7 Å². The molecule has 0 aliphatic rings. The summed E-state index contributed by atoms with van der Waals surface area (Å²) >= 11 is 0. The average molecular weight is 269 g/mol. The number of anilines is 1. The van der Waals surface area contributed by atoms with Gasteiger partial charge in [-0.15, -0.1) is 0 Å². The maximum Gasteiger partial charge on any atom is 0.260 e. The van der Waals surface area contributed by atoms with Crippen molar-refractivity contribution in [1.29, 1.82) is 0 Å². The highest BCUT2D eigenvalue weighted by Crippen LogP contribution is 2.21. The zero-order valence-corrected chi connectivity index (χ0v) is 12.0. The Labute approximate surface area is 119 Å². The molecule has 2 rings (SSSR count). The fourth-order valence-corrected chi connectivity index (χ4v) is 2.04. The van der Waals surface area contributed by atoms with Gasteiger partial charge in [-0.2, -0.15) is 0 Å². The normalized spacial score (nSPS) is 12.0. The summed E-state index contributed by atoms with van der Waals surface area (Å²) in [6, 6.07) is 14.9. The number of rotatable bonds is 3. The van der Waals surface area contributed by atoms with Crippen molar-refractivity contribution in [2.24, 2.45) is 0 Å². The zero-order chi connectivity index (χ0) is 14.7. The Bertz CT molecular complexity index is 608. The molecule has 2 aromatic carbocycles. The van der Waals surface area contributed by atoms with E-state index in [1.54, 1.807) is 13.1 Å². The van der Waals surface area contributed by atoms with Gasteiger partial charge in [-0.05, 0) is 42.7 Å². The number of carbonyl (C=O) groups is 1. The van der Waals surface area contributed by atoms with Crippen LogP contribution in [-0.4, -0.2) is 18.1 Å². The molecule has 2 aromatic rings. The monoisotopic (exact) mass is 269 g/mol. The number of hydrogen-bond donors (Lipinski definition) is 1. The van der Waals surface area contributed by atoms with E-state index in [1.165, 1.54) is 4.90 Å². The molecule has 3 nitrogen and oxygen atoms in total. The predicted octanol–water partition coefficient (Wildman–Crippen LogP) is 3.00. The summed E-state index contributed by atoms with van der Waals surface area (Å²) < 4.78 is 0. The van der Waals surface area contributed by atoms with Crippen LogP contribution in [0.3, 0.4) is 0 Å². The number of hydrogen-bond acceptors (Lipinski definition) is 2. The minimum Gasteiger partial charge on any atom is -0.378 e. The molecule has 0 aromatic heterocycles. The lowest BCUT2D eigenvalue weighted by atomic mass is 10.0. The van der Waals surface area contributed by atoms with E-state index in [1.807, 2.05) is 56.3 Å². The van der Waals surface area contributed by atoms with Crippen molar-refractivity contribution >= 4 is 11.6 Å². The molecule has 0 spiro atoms. The first-order chi connectivity index (χ1) is 9.50. The number of aliphatic hydroxyl groups is 1. The van der Waals surface area contributed by atoms with Crippen molar-refractivity contribution < 1.29 is 9.90 Å². The third kappa shape index (κ3) is 2.89. The SMILES string of the molecule is Cc1ccc(C(O)C(=O)N(C)c2ccccc2)cc1C. The van der Waals surface area contributed by atoms with E-state index < -0.39 is 6.10 Å². The molecular formula is C17H19NO2. The first-order valence-corrected chi connectivity index (χ1v) is 6.58. The fraction of sp³-hybridized carbons (Fsp3) is 0.235. The summed E-state index contributed by atoms with van der Waals surface area (Å²) in [7, 11) is 1.67. The molecule has 1 amide bonds. The van der Waals surface area contributed by atoms with E-state index in [0.29, 0.717) is 5.56 Å². The standard InChI is InChI=1S/C17H19NO2/c1-12-9-10-14(11-13(12)2)16(19)17(20)18(3)15-7-5-4-6-8-15/h4-11,16,19H,1-3H3. The molecule has 0 heterocycles. The van der Waals surface area contributed by atoms with Crippen LogP contribution in [0.5, 0.6) is 0 Å². The Morgan fingerprint density at radius 2 is 1.70 bits per heavy atom. The van der Waals surface area contributed by atoms with Crippen molar-refractivity contribution in [2.75, 3.05) is 11.9 Å². The molecule has 1 unspecified atom stereocenters. The second kappa shape index (κ2) is 5.88. The molecule has 0 bridgehead atoms. The summed E-state index contributed by atoms with van der Waals surface area (Å²) in [6.07, 6.45) is -1.14. The van der Waals surface area contributed by atoms with E-state index in [2.05, 4.69) is 0 Å². The van der Waals surface area contributed by atoms with Gasteiger partial charge < -0.3 is 10.0 Å². The number of carbonyl (C=O) groups excluding carboxylic acids is 1. The molecular weight excluding hydrogens is 250 g/mol. The first-order valence-electron chi connectivity index (χ1n) is 6.58. The number of likely N-dealkylation sites (N-methyl/N-ethyl adjacent to an activating group) is 1. The van der Waals surface area contributed by atoms with Crippen LogP contribution < -0.4 is 4.90 Å². The van der Waals surface area contributed by atoms with Gasteiger partial charge in [-0.1, -0.05) is 36.4 Å². The largest absolute Gasteiger partial charge is 0.378 e. The van der Waals surface area contributed by atoms with Crippen LogP contribution in [0.2, 0.25) is 0 Å². The lowest BCUT2D eigenvalue weighted by Crippen LogP contribution is -2.31. The molecule has 0 aliphatic heterocycles. The van der Waals surface area contributed by atoms with Crippen molar-refractivity contribution in [3.63, 3.8) is 0 Å². The Hall–Kier alpha value is -2.13. The van der Waals surface area contributed by atoms with Crippen LogP contribution in [0, 0.1) is 13.8 Å². The lowest BCUT2D eigenvalue weighted by Gasteiger charge is -2.21. The smallest absolute Gasteiger partial charge is 0.260 e. The zero-order valence-electron chi connectivity index (χ0n) is 12.0. The number of para-hydroxylation sites is 1. The Morgan fingerprint density at radius 1 is 1.05 bits per heavy atom. The maximum absolute atomic E-state index is 12.3. The number of amides is 1. The van der Waals surface area contributed by atoms with Crippen LogP contribution in [0.4, 0.5) is 5.69 Å². The van der Waals surface area contributed by atoms with E-state index in [-0.39, 0.29) is 5.91 Å². The van der Waals surface area contributed by atoms with Crippen LogP contribution >= 0.6 is 0 Å². The van der Waals surface area contributed by atoms with Gasteiger partial charge in [0.15, 0.2) is 6.10 Å². The van der Waals surface area contributed by atoms with Crippen LogP contribution in [0.25, 0.3) is 0 Å². The molecule has 20 heavy (non-hydrogen) atoms. The highest BCUT2D eigenvalue weighted by Gasteiger charge is 2.22. The first kappa shape index (κ1) is 14.3. The van der Waals surface area contributed by atoms with E-state index in [9.17, 15) is 9.90 Å². The molecule has 3 heteroatoms. The highest BCUT2D eigenvalue weighted by atomic mass is 16.3. The Balaban J connectivity index is 2.22. The second-order valence-corrected chi connectivity index (χ2v) is 4.98. The summed E-state index contributed by atoms with van der Waals surface area (Å²) in [6.45, 7) is 3.97. The Morgan fingerprint density at radius 3 is 2.30 bits per heavy atom. The lowest BCUT2D eigenvalue weighted by molar-refractivity contribution is -0.126. The summed E-state index contributed by atoms with van der Waals surface area (Å²) in [5.74, 6) is -0.334. The number of aliphatic hydroxyl groups excluding tert-OH is 1. The quantitative estimate of drug-likeness (QED) is 0.930. The molecule has 0 saturated heterocycles. The van der Waals surface area contributed by atoms with Gasteiger partial charge in [0.2, 0.25) is 0 Å². The summed E-state index contributed by atoms with van der Waals surface area (Å²) in [5.41, 5.74) is 3.60. The number of nitrogens with zero attached hydrogens (tertiary/aromatic N) is 1. The second-order valence-electron chi connectivity index (χ2n) is 4.98. The van der Waals surface area contributed by atoms with E-state index >= 15 is 0 Å². The van der Waals surface area contributed by atoms with Gasteiger partial charge in [0.05, 0.1) is 0 Å². The van der Waals surface area contributed by atoms with Gasteiger partial charge in [0.25, 0.3) is 5.91 Å². The van der Waals surface area contributed by atoms with Gasteiger partial charge in [-0.25, -0.2) is 0 Å². The number of benzene rings is 2. The third-order valence-corrected chi connectivity index (χ3v) is 3.55. The fourth-order valence-electron chi connectivity index (χ4n) is 2.04. The molecule has 1 atom stereocenters. The van der Waals surface area contributed by atoms with Crippen molar-refractivity contribution in [2.45, 2.75) is 20.0 Å². The molecule has 0 saturated carbocycles. The number of aryl methyl sites for hydroxylation is 2. The van der Waals surface area contributed by atoms with E-state index in [0.717, 1.165) is 16.8 Å². The van der Waals surface area contributed by atoms with Crippen molar-refractivity contribution in [3.05, 3.63) is 65.2 Å².